The van der Waals surface area contributed by atoms with Gasteiger partial charge in [-0.1, -0.05) is 13.8 Å². The second-order valence-electron chi connectivity index (χ2n) is 5.43. The van der Waals surface area contributed by atoms with Gasteiger partial charge >= 0.3 is 5.97 Å². The van der Waals surface area contributed by atoms with Gasteiger partial charge < -0.3 is 10.4 Å². The zero-order valence-electron chi connectivity index (χ0n) is 11.0. The minimum atomic E-state index is -0.813. The maximum Gasteiger partial charge on any atom is 0.346 e. The summed E-state index contributed by atoms with van der Waals surface area (Å²) in [6.07, 6.45) is 3.68. The molecule has 3 unspecified atom stereocenters. The molecule has 18 heavy (non-hydrogen) atoms. The Morgan fingerprint density at radius 3 is 2.89 bits per heavy atom. The number of carboxylic acid groups (broad SMARTS) is 1. The zero-order valence-corrected chi connectivity index (χ0v) is 11.8. The quantitative estimate of drug-likeness (QED) is 0.879. The fraction of sp³-hybridized carbons (Fsp3) is 0.643. The molecule has 3 nitrogen and oxygen atoms in total. The molecular formula is C14H21NO2S. The fourth-order valence-electron chi connectivity index (χ4n) is 2.65. The highest BCUT2D eigenvalue weighted by Gasteiger charge is 2.24. The first-order valence-electron chi connectivity index (χ1n) is 6.61. The first-order valence-corrected chi connectivity index (χ1v) is 7.49. The third-order valence-corrected chi connectivity index (χ3v) is 5.07. The molecule has 0 amide bonds. The maximum absolute atomic E-state index is 11.0. The van der Waals surface area contributed by atoms with Crippen molar-refractivity contribution in [2.75, 3.05) is 0 Å². The van der Waals surface area contributed by atoms with E-state index in [0.29, 0.717) is 17.5 Å². The molecule has 1 aromatic heterocycles. The van der Waals surface area contributed by atoms with Gasteiger partial charge in [-0.05, 0) is 48.1 Å². The number of aromatic carboxylic acids is 1. The van der Waals surface area contributed by atoms with E-state index in [9.17, 15) is 4.79 Å². The monoisotopic (exact) mass is 267 g/mol. The average Bonchev–Trinajstić information content (AvgIpc) is 2.79. The Morgan fingerprint density at radius 1 is 1.44 bits per heavy atom. The molecule has 1 fully saturated rings. The number of carboxylic acids is 1. The Labute approximate surface area is 112 Å². The van der Waals surface area contributed by atoms with E-state index in [-0.39, 0.29) is 0 Å². The van der Waals surface area contributed by atoms with Crippen molar-refractivity contribution in [2.24, 2.45) is 11.8 Å². The smallest absolute Gasteiger partial charge is 0.346 e. The van der Waals surface area contributed by atoms with Gasteiger partial charge in [-0.3, -0.25) is 0 Å². The molecule has 0 spiro atoms. The Hall–Kier alpha value is -0.870. The van der Waals surface area contributed by atoms with E-state index in [1.54, 1.807) is 0 Å². The largest absolute Gasteiger partial charge is 0.477 e. The van der Waals surface area contributed by atoms with E-state index >= 15 is 0 Å². The van der Waals surface area contributed by atoms with Gasteiger partial charge in [0.2, 0.25) is 0 Å². The standard InChI is InChI=1S/C14H21NO2S/c1-9-3-4-12(7-10(9)2)15-8-11-5-6-18-13(11)14(16)17/h5-6,9-10,12,15H,3-4,7-8H2,1-2H3,(H,16,17). The van der Waals surface area contributed by atoms with E-state index in [4.69, 9.17) is 5.11 Å². The topological polar surface area (TPSA) is 49.3 Å². The second kappa shape index (κ2) is 5.85. The van der Waals surface area contributed by atoms with E-state index in [0.717, 1.165) is 17.4 Å². The first-order chi connectivity index (χ1) is 8.58. The Morgan fingerprint density at radius 2 is 2.22 bits per heavy atom. The summed E-state index contributed by atoms with van der Waals surface area (Å²) < 4.78 is 0. The van der Waals surface area contributed by atoms with Crippen LogP contribution in [-0.2, 0) is 6.54 Å². The molecule has 0 bridgehead atoms. The molecular weight excluding hydrogens is 246 g/mol. The molecule has 0 aliphatic heterocycles. The lowest BCUT2D eigenvalue weighted by Gasteiger charge is -2.32. The summed E-state index contributed by atoms with van der Waals surface area (Å²) >= 11 is 1.31. The van der Waals surface area contributed by atoms with E-state index in [1.807, 2.05) is 11.4 Å². The van der Waals surface area contributed by atoms with Crippen molar-refractivity contribution < 1.29 is 9.90 Å². The van der Waals surface area contributed by atoms with Crippen molar-refractivity contribution in [1.29, 1.82) is 0 Å². The minimum absolute atomic E-state index is 0.472. The van der Waals surface area contributed by atoms with Crippen LogP contribution in [0.3, 0.4) is 0 Å². The summed E-state index contributed by atoms with van der Waals surface area (Å²) in [5.74, 6) is 0.767. The number of nitrogens with one attached hydrogen (secondary N) is 1. The highest BCUT2D eigenvalue weighted by Crippen LogP contribution is 2.29. The van der Waals surface area contributed by atoms with Crippen LogP contribution < -0.4 is 5.32 Å². The number of hydrogen-bond donors (Lipinski definition) is 2. The molecule has 1 saturated carbocycles. The van der Waals surface area contributed by atoms with Crippen molar-refractivity contribution in [2.45, 2.75) is 45.7 Å². The van der Waals surface area contributed by atoms with Crippen molar-refractivity contribution in [3.8, 4) is 0 Å². The molecule has 0 aromatic carbocycles. The van der Waals surface area contributed by atoms with Crippen LogP contribution in [0.5, 0.6) is 0 Å². The Kier molecular flexibility index (Phi) is 4.40. The second-order valence-corrected chi connectivity index (χ2v) is 6.34. The van der Waals surface area contributed by atoms with Crippen LogP contribution in [0.15, 0.2) is 11.4 Å². The predicted octanol–water partition coefficient (Wildman–Crippen LogP) is 3.36. The minimum Gasteiger partial charge on any atom is -0.477 e. The molecule has 2 N–H and O–H groups in total. The fourth-order valence-corrected chi connectivity index (χ4v) is 3.41. The van der Waals surface area contributed by atoms with Gasteiger partial charge in [-0.15, -0.1) is 11.3 Å². The molecule has 2 rings (SSSR count). The third-order valence-electron chi connectivity index (χ3n) is 4.12. The van der Waals surface area contributed by atoms with Crippen LogP contribution in [-0.4, -0.2) is 17.1 Å². The van der Waals surface area contributed by atoms with E-state index < -0.39 is 5.97 Å². The normalized spacial score (nSPS) is 28.2. The lowest BCUT2D eigenvalue weighted by molar-refractivity contribution is 0.0701. The predicted molar refractivity (Wildman–Crippen MR) is 74.1 cm³/mol. The van der Waals surface area contributed by atoms with Gasteiger partial charge in [-0.2, -0.15) is 0 Å². The summed E-state index contributed by atoms with van der Waals surface area (Å²) in [6.45, 7) is 5.31. The molecule has 1 aliphatic rings. The summed E-state index contributed by atoms with van der Waals surface area (Å²) in [6, 6.07) is 2.45. The van der Waals surface area contributed by atoms with Crippen LogP contribution >= 0.6 is 11.3 Å². The number of rotatable bonds is 4. The maximum atomic E-state index is 11.0. The van der Waals surface area contributed by atoms with Gasteiger partial charge in [0.25, 0.3) is 0 Å². The van der Waals surface area contributed by atoms with Gasteiger partial charge in [0.1, 0.15) is 4.88 Å². The summed E-state index contributed by atoms with van der Waals surface area (Å²) in [7, 11) is 0. The zero-order chi connectivity index (χ0) is 13.1. The molecule has 4 heteroatoms. The molecule has 0 saturated heterocycles. The van der Waals surface area contributed by atoms with Crippen LogP contribution in [0.2, 0.25) is 0 Å². The molecule has 0 radical (unpaired) electrons. The molecule has 1 heterocycles. The van der Waals surface area contributed by atoms with Crippen LogP contribution in [0.4, 0.5) is 0 Å². The summed E-state index contributed by atoms with van der Waals surface area (Å²) in [4.78, 5) is 11.5. The number of carbonyl (C=O) groups is 1. The summed E-state index contributed by atoms with van der Waals surface area (Å²) in [5, 5.41) is 14.4. The molecule has 3 atom stereocenters. The third kappa shape index (κ3) is 3.12. The lowest BCUT2D eigenvalue weighted by atomic mass is 9.79. The van der Waals surface area contributed by atoms with Crippen molar-refractivity contribution in [3.63, 3.8) is 0 Å². The van der Waals surface area contributed by atoms with Gasteiger partial charge in [0, 0.05) is 12.6 Å². The number of hydrogen-bond acceptors (Lipinski definition) is 3. The molecule has 100 valence electrons. The Balaban J connectivity index is 1.88. The average molecular weight is 267 g/mol. The van der Waals surface area contributed by atoms with Crippen LogP contribution in [0.1, 0.15) is 48.3 Å². The SMILES string of the molecule is CC1CCC(NCc2ccsc2C(=O)O)CC1C. The van der Waals surface area contributed by atoms with Crippen LogP contribution in [0, 0.1) is 11.8 Å². The highest BCUT2D eigenvalue weighted by atomic mass is 32.1. The lowest BCUT2D eigenvalue weighted by Crippen LogP contribution is -2.35. The molecule has 1 aromatic rings. The van der Waals surface area contributed by atoms with Gasteiger partial charge in [0.05, 0.1) is 0 Å². The van der Waals surface area contributed by atoms with Gasteiger partial charge in [-0.25, -0.2) is 4.79 Å². The van der Waals surface area contributed by atoms with Crippen molar-refractivity contribution >= 4 is 17.3 Å². The van der Waals surface area contributed by atoms with Crippen molar-refractivity contribution in [1.82, 2.24) is 5.32 Å². The van der Waals surface area contributed by atoms with Gasteiger partial charge in [0.15, 0.2) is 0 Å². The van der Waals surface area contributed by atoms with Crippen molar-refractivity contribution in [3.05, 3.63) is 21.9 Å². The number of thiophene rings is 1. The van der Waals surface area contributed by atoms with Crippen LogP contribution in [0.25, 0.3) is 0 Å². The summed E-state index contributed by atoms with van der Waals surface area (Å²) in [5.41, 5.74) is 0.916. The highest BCUT2D eigenvalue weighted by molar-refractivity contribution is 7.12. The van der Waals surface area contributed by atoms with E-state index in [1.165, 1.54) is 30.6 Å². The molecule has 1 aliphatic carbocycles. The van der Waals surface area contributed by atoms with E-state index in [2.05, 4.69) is 19.2 Å². The Bertz CT molecular complexity index is 416. The first kappa shape index (κ1) is 13.6.